The Morgan fingerprint density at radius 2 is 1.31 bits per heavy atom. The molecule has 5 nitrogen and oxygen atoms in total. The van der Waals surface area contributed by atoms with E-state index >= 15 is 0 Å². The van der Waals surface area contributed by atoms with E-state index < -0.39 is 0 Å². The topological polar surface area (TPSA) is 64.7 Å². The van der Waals surface area contributed by atoms with Crippen LogP contribution in [-0.4, -0.2) is 19.9 Å². The lowest BCUT2D eigenvalue weighted by atomic mass is 10.0. The van der Waals surface area contributed by atoms with Crippen LogP contribution in [0.25, 0.3) is 66.6 Å². The van der Waals surface area contributed by atoms with Crippen molar-refractivity contribution >= 4 is 44.3 Å². The molecule has 3 heterocycles. The predicted octanol–water partition coefficient (Wildman–Crippen LogP) is 7.97. The molecule has 4 aromatic carbocycles. The van der Waals surface area contributed by atoms with Crippen molar-refractivity contribution in [1.29, 1.82) is 0 Å². The number of nitrogens with zero attached hydrogens (tertiary/aromatic N) is 4. The Morgan fingerprint density at radius 3 is 2.19 bits per heavy atom. The maximum Gasteiger partial charge on any atom is 0.226 e. The molecule has 170 valence electrons. The van der Waals surface area contributed by atoms with E-state index in [1.165, 1.54) is 10.8 Å². The highest BCUT2D eigenvalue weighted by atomic mass is 35.5. The molecule has 0 amide bonds. The third-order valence-electron chi connectivity index (χ3n) is 6.36. The van der Waals surface area contributed by atoms with Gasteiger partial charge < -0.3 is 4.42 Å². The van der Waals surface area contributed by atoms with Gasteiger partial charge in [0.15, 0.2) is 17.2 Å². The predicted molar refractivity (Wildman–Crippen MR) is 144 cm³/mol. The smallest absolute Gasteiger partial charge is 0.226 e. The molecule has 0 N–H and O–H groups in total. The number of rotatable bonds is 3. The van der Waals surface area contributed by atoms with Crippen LogP contribution in [0, 0.1) is 0 Å². The van der Waals surface area contributed by atoms with Crippen molar-refractivity contribution in [3.05, 3.63) is 109 Å². The lowest BCUT2D eigenvalue weighted by Crippen LogP contribution is -1.98. The van der Waals surface area contributed by atoms with E-state index in [4.69, 9.17) is 21.0 Å². The van der Waals surface area contributed by atoms with Crippen LogP contribution in [0.15, 0.2) is 108 Å². The van der Waals surface area contributed by atoms with Gasteiger partial charge in [-0.25, -0.2) is 4.98 Å². The van der Waals surface area contributed by atoms with Crippen molar-refractivity contribution in [1.82, 2.24) is 19.9 Å². The fraction of sp³-hybridized carbons (Fsp3) is 0. The molecule has 7 aromatic rings. The van der Waals surface area contributed by atoms with Crippen LogP contribution in [-0.2, 0) is 0 Å². The van der Waals surface area contributed by atoms with Crippen molar-refractivity contribution < 1.29 is 4.42 Å². The summed E-state index contributed by atoms with van der Waals surface area (Å²) < 4.78 is 5.97. The third-order valence-corrected chi connectivity index (χ3v) is 6.53. The molecule has 3 aromatic heterocycles. The van der Waals surface area contributed by atoms with Gasteiger partial charge in [-0.2, -0.15) is 9.97 Å². The summed E-state index contributed by atoms with van der Waals surface area (Å²) in [6.07, 6.45) is 3.44. The van der Waals surface area contributed by atoms with Crippen molar-refractivity contribution in [2.75, 3.05) is 0 Å². The number of aromatic nitrogens is 4. The van der Waals surface area contributed by atoms with Gasteiger partial charge >= 0.3 is 0 Å². The second kappa shape index (κ2) is 8.26. The lowest BCUT2D eigenvalue weighted by Gasteiger charge is -2.08. The normalized spacial score (nSPS) is 11.5. The van der Waals surface area contributed by atoms with Gasteiger partial charge in [0.25, 0.3) is 0 Å². The van der Waals surface area contributed by atoms with Gasteiger partial charge in [-0.05, 0) is 45.6 Å². The summed E-state index contributed by atoms with van der Waals surface area (Å²) in [4.78, 5) is 17.9. The molecule has 6 heteroatoms. The van der Waals surface area contributed by atoms with Crippen molar-refractivity contribution in [2.45, 2.75) is 0 Å². The second-order valence-electron chi connectivity index (χ2n) is 8.55. The zero-order chi connectivity index (χ0) is 24.1. The molecule has 0 radical (unpaired) electrons. The number of benzene rings is 4. The minimum absolute atomic E-state index is 0.124. The molecule has 0 saturated heterocycles. The maximum absolute atomic E-state index is 6.37. The van der Waals surface area contributed by atoms with Crippen molar-refractivity contribution in [3.63, 3.8) is 0 Å². The zero-order valence-corrected chi connectivity index (χ0v) is 19.6. The van der Waals surface area contributed by atoms with Crippen LogP contribution in [0.4, 0.5) is 0 Å². The minimum atomic E-state index is 0.124. The number of furan rings is 1. The van der Waals surface area contributed by atoms with Crippen LogP contribution in [0.2, 0.25) is 5.28 Å². The van der Waals surface area contributed by atoms with E-state index in [1.807, 2.05) is 36.4 Å². The number of fused-ring (bicyclic) bond motifs is 4. The Morgan fingerprint density at radius 1 is 0.583 bits per heavy atom. The highest BCUT2D eigenvalue weighted by Crippen LogP contribution is 2.35. The molecule has 0 spiro atoms. The average Bonchev–Trinajstić information content (AvgIpc) is 3.31. The molecule has 36 heavy (non-hydrogen) atoms. The standard InChI is InChI=1S/C30H17ClN4O/c31-30-34-28(20-12-9-19(10-13-20)22-14-11-18-5-1-2-6-21(18)15-22)33-29(35-30)24-16-32-17-26-27(24)23-7-3-4-8-25(23)36-26/h1-17H. The monoisotopic (exact) mass is 484 g/mol. The Hall–Kier alpha value is -4.61. The van der Waals surface area contributed by atoms with E-state index in [2.05, 4.69) is 69.5 Å². The van der Waals surface area contributed by atoms with Crippen molar-refractivity contribution in [3.8, 4) is 33.9 Å². The molecule has 0 unspecified atom stereocenters. The third kappa shape index (κ3) is 3.49. The Kier molecular flexibility index (Phi) is 4.76. The van der Waals surface area contributed by atoms with Crippen molar-refractivity contribution in [2.24, 2.45) is 0 Å². The first-order chi connectivity index (χ1) is 17.7. The summed E-state index contributed by atoms with van der Waals surface area (Å²) in [5.41, 5.74) is 5.32. The van der Waals surface area contributed by atoms with Crippen LogP contribution in [0.3, 0.4) is 0 Å². The van der Waals surface area contributed by atoms with E-state index in [-0.39, 0.29) is 5.28 Å². The fourth-order valence-corrected chi connectivity index (χ4v) is 4.79. The highest BCUT2D eigenvalue weighted by Gasteiger charge is 2.17. The molecule has 0 atom stereocenters. The molecule has 0 bridgehead atoms. The summed E-state index contributed by atoms with van der Waals surface area (Å²) in [7, 11) is 0. The maximum atomic E-state index is 6.37. The van der Waals surface area contributed by atoms with E-state index in [9.17, 15) is 0 Å². The molecule has 0 aliphatic carbocycles. The molecule has 0 saturated carbocycles. The summed E-state index contributed by atoms with van der Waals surface area (Å²) >= 11 is 6.37. The molecular formula is C30H17ClN4O. The average molecular weight is 485 g/mol. The Balaban J connectivity index is 1.31. The largest absolute Gasteiger partial charge is 0.454 e. The molecule has 0 aliphatic heterocycles. The number of pyridine rings is 1. The minimum Gasteiger partial charge on any atom is -0.454 e. The van der Waals surface area contributed by atoms with Gasteiger partial charge in [-0.3, -0.25) is 4.98 Å². The number of hydrogen-bond acceptors (Lipinski definition) is 5. The van der Waals surface area contributed by atoms with Gasteiger partial charge in [-0.1, -0.05) is 78.9 Å². The van der Waals surface area contributed by atoms with Crippen LogP contribution in [0.1, 0.15) is 0 Å². The van der Waals surface area contributed by atoms with Crippen LogP contribution < -0.4 is 0 Å². The first-order valence-corrected chi connectivity index (χ1v) is 11.9. The van der Waals surface area contributed by atoms with Gasteiger partial charge in [-0.15, -0.1) is 0 Å². The number of hydrogen-bond donors (Lipinski definition) is 0. The van der Waals surface area contributed by atoms with E-state index in [0.717, 1.165) is 38.6 Å². The summed E-state index contributed by atoms with van der Waals surface area (Å²) in [6.45, 7) is 0. The van der Waals surface area contributed by atoms with Gasteiger partial charge in [0.05, 0.1) is 6.20 Å². The number of halogens is 1. The number of para-hydroxylation sites is 1. The molecule has 7 rings (SSSR count). The Labute approximate surface area is 211 Å². The first kappa shape index (κ1) is 20.7. The van der Waals surface area contributed by atoms with E-state index in [1.54, 1.807) is 12.4 Å². The van der Waals surface area contributed by atoms with Gasteiger partial charge in [0, 0.05) is 28.1 Å². The SMILES string of the molecule is Clc1nc(-c2ccc(-c3ccc4ccccc4c3)cc2)nc(-c2cncc3oc4ccccc4c23)n1. The van der Waals surface area contributed by atoms with Gasteiger partial charge in [0.1, 0.15) is 5.58 Å². The summed E-state index contributed by atoms with van der Waals surface area (Å²) in [6, 6.07) is 30.9. The van der Waals surface area contributed by atoms with Gasteiger partial charge in [0.2, 0.25) is 5.28 Å². The van der Waals surface area contributed by atoms with Crippen LogP contribution >= 0.6 is 11.6 Å². The fourth-order valence-electron chi connectivity index (χ4n) is 4.63. The Bertz CT molecular complexity index is 1910. The summed E-state index contributed by atoms with van der Waals surface area (Å²) in [5, 5.41) is 4.43. The second-order valence-corrected chi connectivity index (χ2v) is 8.89. The molecule has 0 fully saturated rings. The quantitative estimate of drug-likeness (QED) is 0.254. The van der Waals surface area contributed by atoms with E-state index in [0.29, 0.717) is 17.2 Å². The van der Waals surface area contributed by atoms with Crippen LogP contribution in [0.5, 0.6) is 0 Å². The molecular weight excluding hydrogens is 468 g/mol. The lowest BCUT2D eigenvalue weighted by molar-refractivity contribution is 0.667. The highest BCUT2D eigenvalue weighted by molar-refractivity contribution is 6.28. The summed E-state index contributed by atoms with van der Waals surface area (Å²) in [5.74, 6) is 0.952. The zero-order valence-electron chi connectivity index (χ0n) is 18.9. The molecule has 0 aliphatic rings. The first-order valence-electron chi connectivity index (χ1n) is 11.5.